The molecule has 1 N–H and O–H groups in total. The van der Waals surface area contributed by atoms with Gasteiger partial charge in [-0.25, -0.2) is 0 Å². The zero-order valence-electron chi connectivity index (χ0n) is 9.31. The Kier molecular flexibility index (Phi) is 3.05. The fourth-order valence-corrected chi connectivity index (χ4v) is 2.09. The van der Waals surface area contributed by atoms with Gasteiger partial charge in [-0.05, 0) is 38.5 Å². The van der Waals surface area contributed by atoms with Crippen LogP contribution in [0.5, 0.6) is 0 Å². The van der Waals surface area contributed by atoms with Crippen LogP contribution in [0.15, 0.2) is 4.52 Å². The summed E-state index contributed by atoms with van der Waals surface area (Å²) in [5.41, 5.74) is 0. The van der Waals surface area contributed by atoms with Crippen molar-refractivity contribution < 1.29 is 9.63 Å². The van der Waals surface area contributed by atoms with Crippen molar-refractivity contribution in [1.82, 2.24) is 10.1 Å². The minimum atomic E-state index is -0.634. The zero-order valence-corrected chi connectivity index (χ0v) is 9.31. The van der Waals surface area contributed by atoms with Crippen molar-refractivity contribution in [1.29, 1.82) is 0 Å². The predicted molar refractivity (Wildman–Crippen MR) is 55.3 cm³/mol. The lowest BCUT2D eigenvalue weighted by atomic mass is 9.83. The summed E-state index contributed by atoms with van der Waals surface area (Å²) >= 11 is 0. The van der Waals surface area contributed by atoms with Gasteiger partial charge >= 0.3 is 0 Å². The van der Waals surface area contributed by atoms with E-state index in [9.17, 15) is 5.11 Å². The van der Waals surface area contributed by atoms with Crippen LogP contribution >= 0.6 is 0 Å². The van der Waals surface area contributed by atoms with Gasteiger partial charge in [-0.2, -0.15) is 4.98 Å². The van der Waals surface area contributed by atoms with E-state index < -0.39 is 6.10 Å². The number of nitrogens with zero attached hydrogens (tertiary/aromatic N) is 2. The first-order valence-electron chi connectivity index (χ1n) is 5.68. The molecular formula is C11H18N2O2. The SMILES string of the molecule is CC1CCC(c2nc(C(C)O)no2)CC1. The minimum absolute atomic E-state index is 0.404. The molecule has 15 heavy (non-hydrogen) atoms. The molecule has 0 radical (unpaired) electrons. The Balaban J connectivity index is 2.03. The van der Waals surface area contributed by atoms with E-state index in [-0.39, 0.29) is 0 Å². The first kappa shape index (κ1) is 10.6. The average molecular weight is 210 g/mol. The predicted octanol–water partition coefficient (Wildman–Crippen LogP) is 2.42. The summed E-state index contributed by atoms with van der Waals surface area (Å²) < 4.78 is 5.18. The quantitative estimate of drug-likeness (QED) is 0.814. The molecule has 0 aromatic carbocycles. The maximum Gasteiger partial charge on any atom is 0.229 e. The molecule has 4 heteroatoms. The van der Waals surface area contributed by atoms with Gasteiger partial charge in [-0.3, -0.25) is 0 Å². The Morgan fingerprint density at radius 2 is 2.00 bits per heavy atom. The van der Waals surface area contributed by atoms with Gasteiger partial charge < -0.3 is 9.63 Å². The van der Waals surface area contributed by atoms with Gasteiger partial charge in [0, 0.05) is 5.92 Å². The van der Waals surface area contributed by atoms with E-state index in [1.165, 1.54) is 12.8 Å². The van der Waals surface area contributed by atoms with Crippen LogP contribution in [0.2, 0.25) is 0 Å². The van der Waals surface area contributed by atoms with Crippen LogP contribution < -0.4 is 0 Å². The zero-order chi connectivity index (χ0) is 10.8. The van der Waals surface area contributed by atoms with Gasteiger partial charge in [-0.15, -0.1) is 0 Å². The molecule has 1 aliphatic carbocycles. The summed E-state index contributed by atoms with van der Waals surface area (Å²) in [5.74, 6) is 2.34. The fraction of sp³-hybridized carbons (Fsp3) is 0.818. The van der Waals surface area contributed by atoms with Crippen molar-refractivity contribution in [3.63, 3.8) is 0 Å². The van der Waals surface area contributed by atoms with E-state index in [2.05, 4.69) is 17.1 Å². The highest BCUT2D eigenvalue weighted by Gasteiger charge is 2.25. The van der Waals surface area contributed by atoms with Gasteiger partial charge in [0.2, 0.25) is 5.89 Å². The molecule has 4 nitrogen and oxygen atoms in total. The normalized spacial score (nSPS) is 29.0. The molecule has 0 bridgehead atoms. The average Bonchev–Trinajstić information content (AvgIpc) is 2.68. The third-order valence-corrected chi connectivity index (χ3v) is 3.20. The first-order valence-corrected chi connectivity index (χ1v) is 5.68. The monoisotopic (exact) mass is 210 g/mol. The summed E-state index contributed by atoms with van der Waals surface area (Å²) in [6, 6.07) is 0. The standard InChI is InChI=1S/C11H18N2O2/c1-7-3-5-9(6-4-7)11-12-10(8(2)14)13-15-11/h7-9,14H,3-6H2,1-2H3. The van der Waals surface area contributed by atoms with E-state index in [1.54, 1.807) is 6.92 Å². The topological polar surface area (TPSA) is 59.2 Å². The molecule has 0 amide bonds. The van der Waals surface area contributed by atoms with E-state index >= 15 is 0 Å². The highest BCUT2D eigenvalue weighted by atomic mass is 16.5. The van der Waals surface area contributed by atoms with Crippen molar-refractivity contribution in [3.05, 3.63) is 11.7 Å². The number of aliphatic hydroxyl groups excluding tert-OH is 1. The van der Waals surface area contributed by atoms with E-state index in [0.29, 0.717) is 17.6 Å². The van der Waals surface area contributed by atoms with Crippen molar-refractivity contribution >= 4 is 0 Å². The minimum Gasteiger partial charge on any atom is -0.385 e. The van der Waals surface area contributed by atoms with E-state index in [4.69, 9.17) is 4.52 Å². The molecule has 1 aromatic rings. The van der Waals surface area contributed by atoms with Crippen molar-refractivity contribution in [3.8, 4) is 0 Å². The molecule has 1 aromatic heterocycles. The second-order valence-corrected chi connectivity index (χ2v) is 4.62. The number of aromatic nitrogens is 2. The van der Waals surface area contributed by atoms with Crippen LogP contribution in [0.25, 0.3) is 0 Å². The maximum absolute atomic E-state index is 9.29. The maximum atomic E-state index is 9.29. The second kappa shape index (κ2) is 4.31. The summed E-state index contributed by atoms with van der Waals surface area (Å²) in [5, 5.41) is 13.1. The number of aliphatic hydroxyl groups is 1. The molecule has 1 unspecified atom stereocenters. The summed E-state index contributed by atoms with van der Waals surface area (Å²) in [7, 11) is 0. The largest absolute Gasteiger partial charge is 0.385 e. The summed E-state index contributed by atoms with van der Waals surface area (Å²) in [6.45, 7) is 3.93. The molecule has 1 saturated carbocycles. The molecular weight excluding hydrogens is 192 g/mol. The van der Waals surface area contributed by atoms with Crippen LogP contribution in [0.3, 0.4) is 0 Å². The van der Waals surface area contributed by atoms with Crippen molar-refractivity contribution in [2.24, 2.45) is 5.92 Å². The van der Waals surface area contributed by atoms with Crippen molar-refractivity contribution in [2.75, 3.05) is 0 Å². The van der Waals surface area contributed by atoms with Gasteiger partial charge in [-0.1, -0.05) is 12.1 Å². The third-order valence-electron chi connectivity index (χ3n) is 3.20. The molecule has 0 saturated heterocycles. The molecule has 1 fully saturated rings. The molecule has 84 valence electrons. The lowest BCUT2D eigenvalue weighted by Crippen LogP contribution is -2.11. The molecule has 1 heterocycles. The Morgan fingerprint density at radius 1 is 1.33 bits per heavy atom. The highest BCUT2D eigenvalue weighted by molar-refractivity contribution is 4.97. The smallest absolute Gasteiger partial charge is 0.229 e. The van der Waals surface area contributed by atoms with Crippen LogP contribution in [0.1, 0.15) is 63.3 Å². The number of hydrogen-bond donors (Lipinski definition) is 1. The van der Waals surface area contributed by atoms with Gasteiger partial charge in [0.1, 0.15) is 6.10 Å². The molecule has 1 aliphatic rings. The van der Waals surface area contributed by atoms with Crippen LogP contribution in [0.4, 0.5) is 0 Å². The van der Waals surface area contributed by atoms with E-state index in [1.807, 2.05) is 0 Å². The summed E-state index contributed by atoms with van der Waals surface area (Å²) in [6.07, 6.45) is 4.09. The first-order chi connectivity index (χ1) is 7.16. The lowest BCUT2D eigenvalue weighted by Gasteiger charge is -2.23. The Bertz CT molecular complexity index is 314. The third kappa shape index (κ3) is 2.37. The molecule has 2 rings (SSSR count). The van der Waals surface area contributed by atoms with Crippen LogP contribution in [0, 0.1) is 5.92 Å². The van der Waals surface area contributed by atoms with Gasteiger partial charge in [0.25, 0.3) is 0 Å². The summed E-state index contributed by atoms with van der Waals surface area (Å²) in [4.78, 5) is 4.23. The van der Waals surface area contributed by atoms with Crippen LogP contribution in [-0.4, -0.2) is 15.2 Å². The molecule has 0 spiro atoms. The fourth-order valence-electron chi connectivity index (χ4n) is 2.09. The van der Waals surface area contributed by atoms with Crippen molar-refractivity contribution in [2.45, 2.75) is 51.6 Å². The van der Waals surface area contributed by atoms with Crippen LogP contribution in [-0.2, 0) is 0 Å². The Morgan fingerprint density at radius 3 is 2.53 bits per heavy atom. The lowest BCUT2D eigenvalue weighted by molar-refractivity contribution is 0.184. The van der Waals surface area contributed by atoms with E-state index in [0.717, 1.165) is 18.8 Å². The van der Waals surface area contributed by atoms with Gasteiger partial charge in [0.05, 0.1) is 0 Å². The second-order valence-electron chi connectivity index (χ2n) is 4.62. The molecule has 0 aliphatic heterocycles. The Hall–Kier alpha value is -0.900. The Labute approximate surface area is 89.7 Å². The number of rotatable bonds is 2. The number of hydrogen-bond acceptors (Lipinski definition) is 4. The highest BCUT2D eigenvalue weighted by Crippen LogP contribution is 2.34. The molecule has 1 atom stereocenters. The van der Waals surface area contributed by atoms with Gasteiger partial charge in [0.15, 0.2) is 5.82 Å².